The Hall–Kier alpha value is -1.52. The van der Waals surface area contributed by atoms with Gasteiger partial charge in [-0.2, -0.15) is 8.78 Å². The lowest BCUT2D eigenvalue weighted by Crippen LogP contribution is -2.27. The Morgan fingerprint density at radius 3 is 2.69 bits per heavy atom. The Bertz CT molecular complexity index is 339. The number of aliphatic carboxylic acids is 1. The summed E-state index contributed by atoms with van der Waals surface area (Å²) in [6.07, 6.45) is 1.14. The molecule has 0 radical (unpaired) electrons. The van der Waals surface area contributed by atoms with Gasteiger partial charge in [-0.15, -0.1) is 0 Å². The SMILES string of the molecule is Cc1cccnc1C(F)(F)C(=O)O. The van der Waals surface area contributed by atoms with E-state index < -0.39 is 17.6 Å². The molecule has 0 unspecified atom stereocenters. The van der Waals surface area contributed by atoms with Crippen molar-refractivity contribution in [2.75, 3.05) is 0 Å². The van der Waals surface area contributed by atoms with Crippen LogP contribution in [-0.2, 0) is 10.7 Å². The molecule has 0 aliphatic rings. The minimum absolute atomic E-state index is 0.162. The van der Waals surface area contributed by atoms with Gasteiger partial charge in [-0.1, -0.05) is 6.07 Å². The van der Waals surface area contributed by atoms with Crippen LogP contribution >= 0.6 is 0 Å². The predicted octanol–water partition coefficient (Wildman–Crippen LogP) is 1.57. The molecule has 0 aliphatic carbocycles. The van der Waals surface area contributed by atoms with E-state index in [-0.39, 0.29) is 5.56 Å². The number of halogens is 2. The highest BCUT2D eigenvalue weighted by Gasteiger charge is 2.43. The topological polar surface area (TPSA) is 50.2 Å². The third kappa shape index (κ3) is 1.63. The van der Waals surface area contributed by atoms with Gasteiger partial charge in [-0.25, -0.2) is 4.79 Å². The Morgan fingerprint density at radius 1 is 1.62 bits per heavy atom. The molecule has 1 aromatic heterocycles. The molecule has 0 atom stereocenters. The van der Waals surface area contributed by atoms with Gasteiger partial charge in [0, 0.05) is 6.20 Å². The van der Waals surface area contributed by atoms with Crippen LogP contribution in [0, 0.1) is 6.92 Å². The first-order valence-corrected chi connectivity index (χ1v) is 3.49. The second kappa shape index (κ2) is 3.08. The molecular weight excluding hydrogens is 180 g/mol. The molecular formula is C8H7F2NO2. The van der Waals surface area contributed by atoms with Crippen molar-refractivity contribution in [3.05, 3.63) is 29.6 Å². The fourth-order valence-electron chi connectivity index (χ4n) is 0.916. The fourth-order valence-corrected chi connectivity index (χ4v) is 0.916. The highest BCUT2D eigenvalue weighted by atomic mass is 19.3. The van der Waals surface area contributed by atoms with Crippen LogP contribution in [0.25, 0.3) is 0 Å². The number of pyridine rings is 1. The number of rotatable bonds is 2. The van der Waals surface area contributed by atoms with Crippen molar-refractivity contribution in [2.24, 2.45) is 0 Å². The molecule has 0 fully saturated rings. The fraction of sp³-hybridized carbons (Fsp3) is 0.250. The van der Waals surface area contributed by atoms with Gasteiger partial charge in [-0.05, 0) is 18.6 Å². The van der Waals surface area contributed by atoms with Crippen molar-refractivity contribution in [1.29, 1.82) is 0 Å². The number of nitrogens with zero attached hydrogens (tertiary/aromatic N) is 1. The summed E-state index contributed by atoms with van der Waals surface area (Å²) < 4.78 is 25.8. The van der Waals surface area contributed by atoms with Crippen LogP contribution in [0.15, 0.2) is 18.3 Å². The Kier molecular flexibility index (Phi) is 2.27. The highest BCUT2D eigenvalue weighted by molar-refractivity contribution is 5.77. The summed E-state index contributed by atoms with van der Waals surface area (Å²) in [5, 5.41) is 8.23. The number of alkyl halides is 2. The minimum atomic E-state index is -3.91. The molecule has 0 aliphatic heterocycles. The van der Waals surface area contributed by atoms with Gasteiger partial charge < -0.3 is 5.11 Å². The van der Waals surface area contributed by atoms with E-state index in [2.05, 4.69) is 4.98 Å². The van der Waals surface area contributed by atoms with Crippen molar-refractivity contribution < 1.29 is 18.7 Å². The number of aromatic nitrogens is 1. The maximum absolute atomic E-state index is 12.9. The van der Waals surface area contributed by atoms with Crippen molar-refractivity contribution in [3.63, 3.8) is 0 Å². The van der Waals surface area contributed by atoms with Gasteiger partial charge in [0.2, 0.25) is 0 Å². The first-order chi connectivity index (χ1) is 5.96. The van der Waals surface area contributed by atoms with E-state index in [1.165, 1.54) is 19.1 Å². The van der Waals surface area contributed by atoms with Crippen molar-refractivity contribution in [3.8, 4) is 0 Å². The highest BCUT2D eigenvalue weighted by Crippen LogP contribution is 2.28. The number of hydrogen-bond acceptors (Lipinski definition) is 2. The van der Waals surface area contributed by atoms with Crippen molar-refractivity contribution in [2.45, 2.75) is 12.8 Å². The summed E-state index contributed by atoms with van der Waals surface area (Å²) in [6, 6.07) is 2.86. The molecule has 0 amide bonds. The zero-order chi connectivity index (χ0) is 10.1. The van der Waals surface area contributed by atoms with E-state index in [0.29, 0.717) is 0 Å². The van der Waals surface area contributed by atoms with E-state index in [1.807, 2.05) is 0 Å². The standard InChI is InChI=1S/C8H7F2NO2/c1-5-3-2-4-11-6(5)8(9,10)7(12)13/h2-4H,1H3,(H,12,13). The Balaban J connectivity index is 3.22. The quantitative estimate of drug-likeness (QED) is 0.764. The summed E-state index contributed by atoms with van der Waals surface area (Å²) in [6.45, 7) is 1.39. The molecule has 5 heteroatoms. The Morgan fingerprint density at radius 2 is 2.23 bits per heavy atom. The molecule has 70 valence electrons. The zero-order valence-electron chi connectivity index (χ0n) is 6.79. The van der Waals surface area contributed by atoms with Crippen LogP contribution in [-0.4, -0.2) is 16.1 Å². The maximum atomic E-state index is 12.9. The number of hydrogen-bond donors (Lipinski definition) is 1. The molecule has 0 aromatic carbocycles. The molecule has 0 spiro atoms. The molecule has 1 aromatic rings. The third-order valence-electron chi connectivity index (χ3n) is 1.58. The van der Waals surface area contributed by atoms with Crippen LogP contribution in [0.2, 0.25) is 0 Å². The summed E-state index contributed by atoms with van der Waals surface area (Å²) in [5.74, 6) is -6.10. The second-order valence-electron chi connectivity index (χ2n) is 2.55. The van der Waals surface area contributed by atoms with Crippen molar-refractivity contribution in [1.82, 2.24) is 4.98 Å². The van der Waals surface area contributed by atoms with Gasteiger partial charge in [-0.3, -0.25) is 4.98 Å². The lowest BCUT2D eigenvalue weighted by atomic mass is 10.1. The molecule has 0 bridgehead atoms. The first kappa shape index (κ1) is 9.57. The van der Waals surface area contributed by atoms with E-state index >= 15 is 0 Å². The third-order valence-corrected chi connectivity index (χ3v) is 1.58. The minimum Gasteiger partial charge on any atom is -0.476 e. The van der Waals surface area contributed by atoms with Crippen LogP contribution in [0.4, 0.5) is 8.78 Å². The van der Waals surface area contributed by atoms with E-state index in [0.717, 1.165) is 6.20 Å². The lowest BCUT2D eigenvalue weighted by molar-refractivity contribution is -0.167. The van der Waals surface area contributed by atoms with E-state index in [4.69, 9.17) is 5.11 Å². The molecule has 1 N–H and O–H groups in total. The smallest absolute Gasteiger partial charge is 0.384 e. The van der Waals surface area contributed by atoms with Crippen molar-refractivity contribution >= 4 is 5.97 Å². The second-order valence-corrected chi connectivity index (χ2v) is 2.55. The van der Waals surface area contributed by atoms with Gasteiger partial charge in [0.1, 0.15) is 5.69 Å². The summed E-state index contributed by atoms with van der Waals surface area (Å²) in [7, 11) is 0. The lowest BCUT2D eigenvalue weighted by Gasteiger charge is -2.11. The number of aryl methyl sites for hydroxylation is 1. The number of carboxylic acid groups (broad SMARTS) is 1. The average molecular weight is 187 g/mol. The van der Waals surface area contributed by atoms with Gasteiger partial charge in [0.05, 0.1) is 0 Å². The van der Waals surface area contributed by atoms with Crippen LogP contribution in [0.1, 0.15) is 11.3 Å². The monoisotopic (exact) mass is 187 g/mol. The zero-order valence-corrected chi connectivity index (χ0v) is 6.79. The normalized spacial score (nSPS) is 11.3. The van der Waals surface area contributed by atoms with Crippen LogP contribution in [0.3, 0.4) is 0 Å². The molecule has 1 heterocycles. The number of carboxylic acids is 1. The van der Waals surface area contributed by atoms with Crippen LogP contribution in [0.5, 0.6) is 0 Å². The summed E-state index contributed by atoms with van der Waals surface area (Å²) >= 11 is 0. The first-order valence-electron chi connectivity index (χ1n) is 3.49. The summed E-state index contributed by atoms with van der Waals surface area (Å²) in [5.41, 5.74) is -0.544. The largest absolute Gasteiger partial charge is 0.476 e. The molecule has 0 saturated carbocycles. The van der Waals surface area contributed by atoms with E-state index in [9.17, 15) is 13.6 Å². The molecule has 0 saturated heterocycles. The van der Waals surface area contributed by atoms with E-state index in [1.54, 1.807) is 0 Å². The van der Waals surface area contributed by atoms with Gasteiger partial charge >= 0.3 is 11.9 Å². The predicted molar refractivity (Wildman–Crippen MR) is 40.5 cm³/mol. The maximum Gasteiger partial charge on any atom is 0.384 e. The molecule has 1 rings (SSSR count). The Labute approximate surface area is 73.0 Å². The summed E-state index contributed by atoms with van der Waals surface area (Å²) in [4.78, 5) is 13.5. The average Bonchev–Trinajstić information content (AvgIpc) is 2.04. The van der Waals surface area contributed by atoms with Gasteiger partial charge in [0.25, 0.3) is 0 Å². The van der Waals surface area contributed by atoms with Crippen LogP contribution < -0.4 is 0 Å². The van der Waals surface area contributed by atoms with Gasteiger partial charge in [0.15, 0.2) is 0 Å². The molecule has 13 heavy (non-hydrogen) atoms. The molecule has 3 nitrogen and oxygen atoms in total. The number of carbonyl (C=O) groups is 1.